The van der Waals surface area contributed by atoms with Gasteiger partial charge in [-0.15, -0.1) is 0 Å². The molecule has 2 aromatic carbocycles. The summed E-state index contributed by atoms with van der Waals surface area (Å²) in [6, 6.07) is 19.6. The molecule has 0 radical (unpaired) electrons. The van der Waals surface area contributed by atoms with Gasteiger partial charge in [0, 0.05) is 44.5 Å². The molecule has 3 aliphatic rings. The van der Waals surface area contributed by atoms with Crippen LogP contribution in [0.3, 0.4) is 0 Å². The number of nitrogens with zero attached hydrogens (tertiary/aromatic N) is 1. The standard InChI is InChI=1S/C25H30NO3.C2H4O2/c27-24(25(28,19-9-3-1-4-10-19)20-11-5-2-6-12-20)29-23-17-21-13-14-22(18-23)26(21)15-7-8-16-26;1-2(3)4/h1-6,9-12,21-23,28H,7-8,13-18H2;1H3,(H,3,4)/q+1;/p-1/t21-,22+,23?;. The Hall–Kier alpha value is -2.70. The molecule has 33 heavy (non-hydrogen) atoms. The first-order valence-corrected chi connectivity index (χ1v) is 11.9. The van der Waals surface area contributed by atoms with Crippen molar-refractivity contribution in [3.8, 4) is 0 Å². The Morgan fingerprint density at radius 3 is 1.76 bits per heavy atom. The molecule has 176 valence electrons. The number of esters is 1. The van der Waals surface area contributed by atoms with Crippen molar-refractivity contribution in [2.45, 2.75) is 69.2 Å². The number of carboxylic acid groups (broad SMARTS) is 1. The molecule has 1 spiro atoms. The smallest absolute Gasteiger partial charge is 0.347 e. The molecule has 3 fully saturated rings. The van der Waals surface area contributed by atoms with Crippen molar-refractivity contribution >= 4 is 11.9 Å². The molecule has 3 aliphatic heterocycles. The van der Waals surface area contributed by atoms with Crippen LogP contribution >= 0.6 is 0 Å². The van der Waals surface area contributed by atoms with Gasteiger partial charge in [-0.3, -0.25) is 0 Å². The van der Waals surface area contributed by atoms with Crippen molar-refractivity contribution in [2.75, 3.05) is 13.1 Å². The molecule has 6 heteroatoms. The van der Waals surface area contributed by atoms with E-state index in [0.717, 1.165) is 19.8 Å². The molecule has 3 atom stereocenters. The molecular weight excluding hydrogens is 418 g/mol. The van der Waals surface area contributed by atoms with E-state index in [9.17, 15) is 9.90 Å². The summed E-state index contributed by atoms with van der Waals surface area (Å²) in [4.78, 5) is 22.3. The van der Waals surface area contributed by atoms with Crippen LogP contribution in [-0.4, -0.2) is 52.8 Å². The van der Waals surface area contributed by atoms with Crippen LogP contribution < -0.4 is 5.11 Å². The lowest BCUT2D eigenvalue weighted by atomic mass is 9.86. The van der Waals surface area contributed by atoms with Gasteiger partial charge in [0.2, 0.25) is 5.60 Å². The Morgan fingerprint density at radius 1 is 0.909 bits per heavy atom. The summed E-state index contributed by atoms with van der Waals surface area (Å²) < 4.78 is 7.32. The summed E-state index contributed by atoms with van der Waals surface area (Å²) in [5.41, 5.74) is -0.671. The Balaban J connectivity index is 0.000000601. The number of aliphatic hydroxyl groups is 1. The van der Waals surface area contributed by atoms with E-state index in [1.807, 2.05) is 36.4 Å². The van der Waals surface area contributed by atoms with E-state index in [1.54, 1.807) is 24.3 Å². The third-order valence-electron chi connectivity index (χ3n) is 7.71. The normalized spacial score (nSPS) is 25.2. The van der Waals surface area contributed by atoms with Crippen LogP contribution in [0.5, 0.6) is 0 Å². The van der Waals surface area contributed by atoms with Gasteiger partial charge >= 0.3 is 5.97 Å². The lowest BCUT2D eigenvalue weighted by Crippen LogP contribution is -2.60. The van der Waals surface area contributed by atoms with Gasteiger partial charge in [-0.1, -0.05) is 60.7 Å². The number of hydrogen-bond donors (Lipinski definition) is 1. The summed E-state index contributed by atoms with van der Waals surface area (Å²) in [5, 5.41) is 20.5. The van der Waals surface area contributed by atoms with Gasteiger partial charge in [0.15, 0.2) is 0 Å². The molecule has 1 N–H and O–H groups in total. The topological polar surface area (TPSA) is 86.7 Å². The quantitative estimate of drug-likeness (QED) is 0.570. The summed E-state index contributed by atoms with van der Waals surface area (Å²) >= 11 is 0. The van der Waals surface area contributed by atoms with Crippen molar-refractivity contribution in [1.29, 1.82) is 0 Å². The van der Waals surface area contributed by atoms with Gasteiger partial charge in [0.25, 0.3) is 0 Å². The van der Waals surface area contributed by atoms with Crippen LogP contribution in [0.2, 0.25) is 0 Å². The van der Waals surface area contributed by atoms with Crippen LogP contribution in [0, 0.1) is 0 Å². The SMILES string of the molecule is CC(=O)[O-].O=C(OC1C[C@H]2CC[C@@H](C1)[N+]21CCCC1)C(O)(c1ccccc1)c1ccccc1. The van der Waals surface area contributed by atoms with Gasteiger partial charge < -0.3 is 24.2 Å². The number of benzene rings is 2. The van der Waals surface area contributed by atoms with Crippen LogP contribution in [0.25, 0.3) is 0 Å². The van der Waals surface area contributed by atoms with E-state index in [2.05, 4.69) is 0 Å². The molecule has 2 aromatic rings. The van der Waals surface area contributed by atoms with E-state index in [4.69, 9.17) is 14.6 Å². The maximum atomic E-state index is 13.4. The second-order valence-electron chi connectivity index (χ2n) is 9.58. The number of rotatable bonds is 4. The first-order chi connectivity index (χ1) is 15.9. The zero-order valence-corrected chi connectivity index (χ0v) is 19.2. The number of carbonyl (C=O) groups excluding carboxylic acids is 2. The summed E-state index contributed by atoms with van der Waals surface area (Å²) in [5.74, 6) is -1.63. The fraction of sp³-hybridized carbons (Fsp3) is 0.481. The zero-order valence-electron chi connectivity index (χ0n) is 19.2. The van der Waals surface area contributed by atoms with Crippen LogP contribution in [0.4, 0.5) is 0 Å². The highest BCUT2D eigenvalue weighted by atomic mass is 16.6. The Kier molecular flexibility index (Phi) is 6.86. The van der Waals surface area contributed by atoms with Gasteiger partial charge in [0.1, 0.15) is 6.10 Å². The second kappa shape index (κ2) is 9.65. The maximum Gasteiger partial charge on any atom is 0.347 e. The number of carbonyl (C=O) groups is 2. The number of ether oxygens (including phenoxy) is 1. The lowest BCUT2D eigenvalue weighted by molar-refractivity contribution is -0.956. The minimum absolute atomic E-state index is 0.0942. The monoisotopic (exact) mass is 451 g/mol. The Morgan fingerprint density at radius 2 is 1.33 bits per heavy atom. The third-order valence-corrected chi connectivity index (χ3v) is 7.71. The van der Waals surface area contributed by atoms with Crippen LogP contribution in [0.1, 0.15) is 56.6 Å². The fourth-order valence-corrected chi connectivity index (χ4v) is 6.30. The Labute approximate surface area is 195 Å². The number of quaternary nitrogens is 1. The molecule has 5 rings (SSSR count). The average molecular weight is 452 g/mol. The van der Waals surface area contributed by atoms with E-state index < -0.39 is 17.5 Å². The minimum atomic E-state index is -1.78. The Bertz CT molecular complexity index is 895. The van der Waals surface area contributed by atoms with Crippen molar-refractivity contribution in [2.24, 2.45) is 0 Å². The maximum absolute atomic E-state index is 13.4. The van der Waals surface area contributed by atoms with E-state index in [0.29, 0.717) is 23.2 Å². The molecular formula is C27H33NO5. The van der Waals surface area contributed by atoms with Gasteiger partial charge in [-0.05, 0) is 18.1 Å². The number of hydrogen-bond acceptors (Lipinski definition) is 5. The molecule has 0 aliphatic carbocycles. The van der Waals surface area contributed by atoms with Gasteiger partial charge in [-0.2, -0.15) is 0 Å². The number of piperidine rings is 1. The van der Waals surface area contributed by atoms with Gasteiger partial charge in [0.05, 0.1) is 25.2 Å². The lowest BCUT2D eigenvalue weighted by Gasteiger charge is -2.47. The molecule has 0 amide bonds. The molecule has 2 bridgehead atoms. The van der Waals surface area contributed by atoms with E-state index >= 15 is 0 Å². The van der Waals surface area contributed by atoms with E-state index in [1.165, 1.54) is 43.3 Å². The predicted molar refractivity (Wildman–Crippen MR) is 122 cm³/mol. The zero-order chi connectivity index (χ0) is 23.5. The minimum Gasteiger partial charge on any atom is -0.550 e. The second-order valence-corrected chi connectivity index (χ2v) is 9.58. The summed E-state index contributed by atoms with van der Waals surface area (Å²) in [6.45, 7) is 3.57. The molecule has 1 unspecified atom stereocenters. The summed E-state index contributed by atoms with van der Waals surface area (Å²) in [6.07, 6.45) is 6.94. The summed E-state index contributed by atoms with van der Waals surface area (Å²) in [7, 11) is 0. The first-order valence-electron chi connectivity index (χ1n) is 11.9. The van der Waals surface area contributed by atoms with Crippen LogP contribution in [-0.2, 0) is 19.9 Å². The van der Waals surface area contributed by atoms with Crippen LogP contribution in [0.15, 0.2) is 60.7 Å². The van der Waals surface area contributed by atoms with Crippen molar-refractivity contribution in [3.63, 3.8) is 0 Å². The molecule has 3 saturated heterocycles. The first kappa shape index (κ1) is 23.5. The molecule has 3 heterocycles. The molecule has 6 nitrogen and oxygen atoms in total. The third kappa shape index (κ3) is 4.55. The highest BCUT2D eigenvalue weighted by Crippen LogP contribution is 2.46. The predicted octanol–water partition coefficient (Wildman–Crippen LogP) is 2.53. The highest BCUT2D eigenvalue weighted by Gasteiger charge is 2.56. The highest BCUT2D eigenvalue weighted by molar-refractivity contribution is 5.85. The largest absolute Gasteiger partial charge is 0.550 e. The van der Waals surface area contributed by atoms with Crippen molar-refractivity contribution < 1.29 is 29.0 Å². The van der Waals surface area contributed by atoms with Gasteiger partial charge in [-0.25, -0.2) is 4.79 Å². The van der Waals surface area contributed by atoms with Crippen molar-refractivity contribution in [3.05, 3.63) is 71.8 Å². The van der Waals surface area contributed by atoms with E-state index in [-0.39, 0.29) is 6.10 Å². The van der Waals surface area contributed by atoms with Crippen molar-refractivity contribution in [1.82, 2.24) is 0 Å². The number of aliphatic carboxylic acids is 1. The molecule has 0 aromatic heterocycles. The fourth-order valence-electron chi connectivity index (χ4n) is 6.30. The molecule has 0 saturated carbocycles. The number of carboxylic acids is 1. The average Bonchev–Trinajstić information content (AvgIpc) is 3.36.